The highest BCUT2D eigenvalue weighted by atomic mass is 19.4. The molecule has 0 radical (unpaired) electrons. The van der Waals surface area contributed by atoms with Crippen LogP contribution in [-0.2, 0) is 22.4 Å². The van der Waals surface area contributed by atoms with Crippen LogP contribution >= 0.6 is 0 Å². The second kappa shape index (κ2) is 9.81. The van der Waals surface area contributed by atoms with Crippen LogP contribution in [0.2, 0.25) is 0 Å². The minimum absolute atomic E-state index is 0.0900. The van der Waals surface area contributed by atoms with Crippen LogP contribution in [0.25, 0.3) is 6.08 Å². The summed E-state index contributed by atoms with van der Waals surface area (Å²) in [5.41, 5.74) is -2.04. The third-order valence-electron chi connectivity index (χ3n) is 4.03. The molecule has 9 nitrogen and oxygen atoms in total. The van der Waals surface area contributed by atoms with Gasteiger partial charge in [-0.15, -0.1) is 0 Å². The summed E-state index contributed by atoms with van der Waals surface area (Å²) in [5, 5.41) is 22.5. The molecular formula is C20H17F3N2O7. The van der Waals surface area contributed by atoms with Crippen molar-refractivity contribution in [3.63, 3.8) is 0 Å². The first kappa shape index (κ1) is 24.2. The van der Waals surface area contributed by atoms with Gasteiger partial charge >= 0.3 is 12.1 Å². The maximum atomic E-state index is 12.8. The Morgan fingerprint density at radius 1 is 1.19 bits per heavy atom. The second-order valence-electron chi connectivity index (χ2n) is 6.34. The monoisotopic (exact) mass is 454 g/mol. The van der Waals surface area contributed by atoms with Crippen molar-refractivity contribution in [2.24, 2.45) is 0 Å². The molecule has 0 aliphatic heterocycles. The van der Waals surface area contributed by atoms with E-state index in [9.17, 15) is 32.9 Å². The molecule has 0 saturated heterocycles. The van der Waals surface area contributed by atoms with Gasteiger partial charge in [0.2, 0.25) is 5.91 Å². The largest absolute Gasteiger partial charge is 0.493 e. The van der Waals surface area contributed by atoms with Crippen molar-refractivity contribution in [1.29, 1.82) is 0 Å². The molecule has 2 aromatic carbocycles. The summed E-state index contributed by atoms with van der Waals surface area (Å²) in [4.78, 5) is 32.6. The smallest absolute Gasteiger partial charge is 0.416 e. The minimum atomic E-state index is -4.73. The Kier molecular flexibility index (Phi) is 7.41. The van der Waals surface area contributed by atoms with Gasteiger partial charge in [0, 0.05) is 13.0 Å². The lowest BCUT2D eigenvalue weighted by Gasteiger charge is -2.13. The zero-order chi connectivity index (χ0) is 24.1. The Morgan fingerprint density at radius 2 is 1.88 bits per heavy atom. The standard InChI is InChI=1S/C20H17F3N2O7/c1-11(26)24-15(19(27)28)7-12-3-6-17(18(8-12)31-2)32-10-13-4-5-14(20(21,22)23)9-16(13)25(29)30/h3-9H,10H2,1-2H3,(H,24,26)(H,27,28)/b15-7+. The predicted octanol–water partition coefficient (Wildman–Crippen LogP) is 3.76. The van der Waals surface area contributed by atoms with E-state index in [0.717, 1.165) is 13.0 Å². The number of hydrogen-bond acceptors (Lipinski definition) is 6. The number of nitro groups is 1. The number of hydrogen-bond donors (Lipinski definition) is 2. The molecule has 0 atom stereocenters. The lowest BCUT2D eigenvalue weighted by atomic mass is 10.1. The summed E-state index contributed by atoms with van der Waals surface area (Å²) in [6.45, 7) is 0.723. The number of amides is 1. The number of alkyl halides is 3. The van der Waals surface area contributed by atoms with E-state index in [-0.39, 0.29) is 22.8 Å². The summed E-state index contributed by atoms with van der Waals surface area (Å²) < 4.78 is 49.1. The van der Waals surface area contributed by atoms with Crippen molar-refractivity contribution in [2.45, 2.75) is 19.7 Å². The van der Waals surface area contributed by atoms with Crippen molar-refractivity contribution in [2.75, 3.05) is 7.11 Å². The van der Waals surface area contributed by atoms with Gasteiger partial charge in [-0.2, -0.15) is 13.2 Å². The number of methoxy groups -OCH3 is 1. The van der Waals surface area contributed by atoms with E-state index in [1.807, 2.05) is 0 Å². The first-order valence-electron chi connectivity index (χ1n) is 8.80. The summed E-state index contributed by atoms with van der Waals surface area (Å²) in [5.74, 6) is -1.71. The van der Waals surface area contributed by atoms with Crippen molar-refractivity contribution in [3.05, 3.63) is 68.9 Å². The number of benzene rings is 2. The van der Waals surface area contributed by atoms with Crippen molar-refractivity contribution < 1.29 is 42.3 Å². The van der Waals surface area contributed by atoms with E-state index in [0.29, 0.717) is 17.7 Å². The lowest BCUT2D eigenvalue weighted by Crippen LogP contribution is -2.24. The van der Waals surface area contributed by atoms with Crippen LogP contribution in [0.1, 0.15) is 23.6 Å². The van der Waals surface area contributed by atoms with Crippen molar-refractivity contribution in [1.82, 2.24) is 5.32 Å². The molecule has 2 rings (SSSR count). The van der Waals surface area contributed by atoms with E-state index >= 15 is 0 Å². The molecule has 0 aromatic heterocycles. The molecule has 0 heterocycles. The second-order valence-corrected chi connectivity index (χ2v) is 6.34. The van der Waals surface area contributed by atoms with Gasteiger partial charge in [-0.05, 0) is 35.9 Å². The van der Waals surface area contributed by atoms with Gasteiger partial charge < -0.3 is 19.9 Å². The number of aliphatic carboxylic acids is 1. The Balaban J connectivity index is 2.30. The number of carbonyl (C=O) groups excluding carboxylic acids is 1. The molecule has 0 aliphatic carbocycles. The average Bonchev–Trinajstić information content (AvgIpc) is 2.70. The van der Waals surface area contributed by atoms with Crippen LogP contribution in [0.4, 0.5) is 18.9 Å². The molecule has 1 amide bonds. The van der Waals surface area contributed by atoms with Gasteiger partial charge in [-0.1, -0.05) is 6.07 Å². The Hall–Kier alpha value is -4.09. The van der Waals surface area contributed by atoms with Crippen molar-refractivity contribution in [3.8, 4) is 11.5 Å². The number of carbonyl (C=O) groups is 2. The summed E-state index contributed by atoms with van der Waals surface area (Å²) >= 11 is 0. The molecule has 2 aromatic rings. The topological polar surface area (TPSA) is 128 Å². The Labute approximate surface area is 179 Å². The first-order chi connectivity index (χ1) is 14.9. The SMILES string of the molecule is COc1cc(/C=C(/NC(C)=O)C(=O)O)ccc1OCc1ccc(C(F)(F)F)cc1[N+](=O)[O-]. The Morgan fingerprint density at radius 3 is 2.41 bits per heavy atom. The molecule has 0 bridgehead atoms. The van der Waals surface area contributed by atoms with Gasteiger partial charge in [0.1, 0.15) is 12.3 Å². The molecule has 0 unspecified atom stereocenters. The molecular weight excluding hydrogens is 437 g/mol. The first-order valence-corrected chi connectivity index (χ1v) is 8.80. The predicted molar refractivity (Wildman–Crippen MR) is 105 cm³/mol. The van der Waals surface area contributed by atoms with Gasteiger partial charge in [0.25, 0.3) is 5.69 Å². The molecule has 2 N–H and O–H groups in total. The highest BCUT2D eigenvalue weighted by Gasteiger charge is 2.33. The molecule has 0 saturated carbocycles. The summed E-state index contributed by atoms with van der Waals surface area (Å²) in [6, 6.07) is 6.31. The fourth-order valence-corrected chi connectivity index (χ4v) is 2.59. The van der Waals surface area contributed by atoms with Gasteiger partial charge in [-0.3, -0.25) is 14.9 Å². The summed E-state index contributed by atoms with van der Waals surface area (Å²) in [7, 11) is 1.29. The molecule has 32 heavy (non-hydrogen) atoms. The highest BCUT2D eigenvalue weighted by molar-refractivity contribution is 5.96. The van der Waals surface area contributed by atoms with Crippen LogP contribution in [0, 0.1) is 10.1 Å². The number of nitrogens with one attached hydrogen (secondary N) is 1. The van der Waals surface area contributed by atoms with Crippen LogP contribution in [-0.4, -0.2) is 29.0 Å². The van der Waals surface area contributed by atoms with E-state index < -0.39 is 40.8 Å². The molecule has 170 valence electrons. The number of carboxylic acids is 1. The quantitative estimate of drug-likeness (QED) is 0.353. The third-order valence-corrected chi connectivity index (χ3v) is 4.03. The van der Waals surface area contributed by atoms with Crippen LogP contribution in [0.5, 0.6) is 11.5 Å². The van der Waals surface area contributed by atoms with E-state index in [1.54, 1.807) is 0 Å². The fraction of sp³-hybridized carbons (Fsp3) is 0.200. The summed E-state index contributed by atoms with van der Waals surface area (Å²) in [6.07, 6.45) is -3.56. The van der Waals surface area contributed by atoms with Gasteiger partial charge in [-0.25, -0.2) is 4.79 Å². The van der Waals surface area contributed by atoms with E-state index in [1.165, 1.54) is 31.4 Å². The average molecular weight is 454 g/mol. The van der Waals surface area contributed by atoms with Gasteiger partial charge in [0.15, 0.2) is 11.5 Å². The number of rotatable bonds is 8. The lowest BCUT2D eigenvalue weighted by molar-refractivity contribution is -0.386. The maximum absolute atomic E-state index is 12.8. The fourth-order valence-electron chi connectivity index (χ4n) is 2.59. The van der Waals surface area contributed by atoms with E-state index in [4.69, 9.17) is 14.6 Å². The van der Waals surface area contributed by atoms with Crippen molar-refractivity contribution >= 4 is 23.6 Å². The molecule has 12 heteroatoms. The zero-order valence-electron chi connectivity index (χ0n) is 16.7. The molecule has 0 fully saturated rings. The van der Waals surface area contributed by atoms with Crippen LogP contribution < -0.4 is 14.8 Å². The zero-order valence-corrected chi connectivity index (χ0v) is 16.7. The van der Waals surface area contributed by atoms with Gasteiger partial charge in [0.05, 0.1) is 23.2 Å². The van der Waals surface area contributed by atoms with Crippen LogP contribution in [0.3, 0.4) is 0 Å². The number of nitrogens with zero attached hydrogens (tertiary/aromatic N) is 1. The number of carboxylic acid groups (broad SMARTS) is 1. The third kappa shape index (κ3) is 6.20. The minimum Gasteiger partial charge on any atom is -0.493 e. The van der Waals surface area contributed by atoms with E-state index in [2.05, 4.69) is 5.32 Å². The highest BCUT2D eigenvalue weighted by Crippen LogP contribution is 2.34. The maximum Gasteiger partial charge on any atom is 0.416 e. The number of ether oxygens (including phenoxy) is 2. The van der Waals surface area contributed by atoms with Crippen LogP contribution in [0.15, 0.2) is 42.1 Å². The number of halogens is 3. The molecule has 0 spiro atoms. The normalized spacial score (nSPS) is 11.6. The Bertz CT molecular complexity index is 1080. The molecule has 0 aliphatic rings. The number of nitro benzene ring substituents is 1.